The molecule has 0 amide bonds. The number of aromatic hydroxyl groups is 1. The monoisotopic (exact) mass is 282 g/mol. The van der Waals surface area contributed by atoms with Gasteiger partial charge in [-0.05, 0) is 30.7 Å². The Bertz CT molecular complexity index is 783. The third-order valence-corrected chi connectivity index (χ3v) is 3.18. The molecule has 2 aromatic heterocycles. The molecule has 2 N–H and O–H groups in total. The molecule has 106 valence electrons. The molecule has 6 heteroatoms. The molecule has 6 nitrogen and oxygen atoms in total. The van der Waals surface area contributed by atoms with Crippen LogP contribution >= 0.6 is 0 Å². The Labute approximate surface area is 121 Å². The Morgan fingerprint density at radius 3 is 2.81 bits per heavy atom. The first-order valence-corrected chi connectivity index (χ1v) is 6.41. The Balaban J connectivity index is 2.05. The van der Waals surface area contributed by atoms with Gasteiger partial charge in [-0.15, -0.1) is 0 Å². The van der Waals surface area contributed by atoms with Gasteiger partial charge in [0.1, 0.15) is 5.69 Å². The van der Waals surface area contributed by atoms with Crippen molar-refractivity contribution in [3.05, 3.63) is 42.1 Å². The molecule has 0 saturated carbocycles. The van der Waals surface area contributed by atoms with Gasteiger partial charge in [0.05, 0.1) is 12.7 Å². The second-order valence-corrected chi connectivity index (χ2v) is 4.53. The number of ether oxygens (including phenoxy) is 1. The molecule has 3 aromatic rings. The van der Waals surface area contributed by atoms with E-state index in [9.17, 15) is 5.11 Å². The van der Waals surface area contributed by atoms with Gasteiger partial charge >= 0.3 is 0 Å². The lowest BCUT2D eigenvalue weighted by Gasteiger charge is -2.05. The summed E-state index contributed by atoms with van der Waals surface area (Å²) in [7, 11) is 1.50. The second-order valence-electron chi connectivity index (χ2n) is 4.53. The highest BCUT2D eigenvalue weighted by atomic mass is 16.5. The van der Waals surface area contributed by atoms with Gasteiger partial charge in [0.15, 0.2) is 23.1 Å². The molecule has 1 aromatic carbocycles. The van der Waals surface area contributed by atoms with Crippen molar-refractivity contribution in [1.29, 1.82) is 0 Å². The van der Waals surface area contributed by atoms with Crippen LogP contribution in [0.1, 0.15) is 5.56 Å². The highest BCUT2D eigenvalue weighted by Gasteiger charge is 2.15. The minimum Gasteiger partial charge on any atom is -0.504 e. The summed E-state index contributed by atoms with van der Waals surface area (Å²) < 4.78 is 5.09. The van der Waals surface area contributed by atoms with Crippen molar-refractivity contribution >= 4 is 0 Å². The van der Waals surface area contributed by atoms with Crippen LogP contribution in [-0.2, 0) is 0 Å². The zero-order chi connectivity index (χ0) is 14.8. The molecular weight excluding hydrogens is 268 g/mol. The topological polar surface area (TPSA) is 83.9 Å². The van der Waals surface area contributed by atoms with Gasteiger partial charge in [0.2, 0.25) is 0 Å². The van der Waals surface area contributed by atoms with Crippen LogP contribution in [0, 0.1) is 6.92 Å². The molecule has 0 atom stereocenters. The standard InChI is InChI=1S/C15H14N4O2/c1-9-5-4-8-16-12(9)15-17-14(18-19-15)10-6-3-7-11(21-2)13(10)20/h3-8,20H,1-2H3,(H,17,18,19). The van der Waals surface area contributed by atoms with Crippen LogP contribution in [0.5, 0.6) is 11.5 Å². The van der Waals surface area contributed by atoms with Crippen LogP contribution in [-0.4, -0.2) is 32.4 Å². The number of aryl methyl sites for hydroxylation is 1. The van der Waals surface area contributed by atoms with E-state index >= 15 is 0 Å². The zero-order valence-corrected chi connectivity index (χ0v) is 11.7. The number of hydrogen-bond acceptors (Lipinski definition) is 5. The van der Waals surface area contributed by atoms with E-state index in [0.717, 1.165) is 5.56 Å². The number of H-pyrrole nitrogens is 1. The number of phenolic OH excluding ortho intramolecular Hbond substituents is 1. The number of methoxy groups -OCH3 is 1. The number of nitrogens with one attached hydrogen (secondary N) is 1. The molecule has 0 saturated heterocycles. The Hall–Kier alpha value is -2.89. The number of pyridine rings is 1. The van der Waals surface area contributed by atoms with Gasteiger partial charge in [0, 0.05) is 6.20 Å². The number of phenols is 1. The summed E-state index contributed by atoms with van der Waals surface area (Å²) in [5, 5.41) is 17.1. The Morgan fingerprint density at radius 1 is 1.19 bits per heavy atom. The first kappa shape index (κ1) is 13.1. The summed E-state index contributed by atoms with van der Waals surface area (Å²) in [5.74, 6) is 1.37. The van der Waals surface area contributed by atoms with Crippen molar-refractivity contribution < 1.29 is 9.84 Å². The molecule has 0 spiro atoms. The van der Waals surface area contributed by atoms with Gasteiger partial charge in [0.25, 0.3) is 0 Å². The maximum atomic E-state index is 10.1. The number of rotatable bonds is 3. The van der Waals surface area contributed by atoms with E-state index in [0.29, 0.717) is 28.7 Å². The fourth-order valence-electron chi connectivity index (χ4n) is 2.09. The maximum absolute atomic E-state index is 10.1. The van der Waals surface area contributed by atoms with E-state index in [1.807, 2.05) is 19.1 Å². The predicted octanol–water partition coefficient (Wildman–Crippen LogP) is 2.56. The van der Waals surface area contributed by atoms with Gasteiger partial charge in [-0.1, -0.05) is 12.1 Å². The van der Waals surface area contributed by atoms with E-state index in [1.165, 1.54) is 7.11 Å². The van der Waals surface area contributed by atoms with Crippen LogP contribution in [0.2, 0.25) is 0 Å². The fourth-order valence-corrected chi connectivity index (χ4v) is 2.09. The quantitative estimate of drug-likeness (QED) is 0.771. The number of aromatic nitrogens is 4. The summed E-state index contributed by atoms with van der Waals surface area (Å²) in [6, 6.07) is 9.01. The average molecular weight is 282 g/mol. The summed E-state index contributed by atoms with van der Waals surface area (Å²) in [6.07, 6.45) is 1.70. The van der Waals surface area contributed by atoms with Crippen molar-refractivity contribution in [3.63, 3.8) is 0 Å². The van der Waals surface area contributed by atoms with Crippen LogP contribution in [0.15, 0.2) is 36.5 Å². The van der Waals surface area contributed by atoms with E-state index in [4.69, 9.17) is 4.74 Å². The molecule has 2 heterocycles. The Morgan fingerprint density at radius 2 is 2.05 bits per heavy atom. The molecular formula is C15H14N4O2. The molecule has 0 radical (unpaired) electrons. The molecule has 0 aliphatic heterocycles. The second kappa shape index (κ2) is 5.24. The van der Waals surface area contributed by atoms with Crippen LogP contribution in [0.25, 0.3) is 22.9 Å². The van der Waals surface area contributed by atoms with Gasteiger partial charge in [-0.2, -0.15) is 5.10 Å². The Kier molecular flexibility index (Phi) is 3.27. The SMILES string of the molecule is COc1cccc(-c2nc(-c3ncccc3C)n[nH]2)c1O. The predicted molar refractivity (Wildman–Crippen MR) is 78.0 cm³/mol. The first-order valence-electron chi connectivity index (χ1n) is 6.41. The van der Waals surface area contributed by atoms with Gasteiger partial charge < -0.3 is 9.84 Å². The lowest BCUT2D eigenvalue weighted by Crippen LogP contribution is -1.89. The fraction of sp³-hybridized carbons (Fsp3) is 0.133. The third-order valence-electron chi connectivity index (χ3n) is 3.18. The number of aromatic amines is 1. The lowest BCUT2D eigenvalue weighted by molar-refractivity contribution is 0.374. The van der Waals surface area contributed by atoms with E-state index in [-0.39, 0.29) is 5.75 Å². The van der Waals surface area contributed by atoms with Crippen molar-refractivity contribution in [2.24, 2.45) is 0 Å². The van der Waals surface area contributed by atoms with Crippen molar-refractivity contribution in [2.75, 3.05) is 7.11 Å². The molecule has 0 bridgehead atoms. The summed E-state index contributed by atoms with van der Waals surface area (Å²) in [5.41, 5.74) is 2.22. The van der Waals surface area contributed by atoms with Crippen molar-refractivity contribution in [3.8, 4) is 34.4 Å². The molecule has 0 unspecified atom stereocenters. The molecule has 3 rings (SSSR count). The van der Waals surface area contributed by atoms with E-state index < -0.39 is 0 Å². The largest absolute Gasteiger partial charge is 0.504 e. The first-order chi connectivity index (χ1) is 10.2. The number of hydrogen-bond donors (Lipinski definition) is 2. The lowest BCUT2D eigenvalue weighted by atomic mass is 10.1. The number of benzene rings is 1. The van der Waals surface area contributed by atoms with Crippen LogP contribution in [0.3, 0.4) is 0 Å². The van der Waals surface area contributed by atoms with E-state index in [2.05, 4.69) is 20.2 Å². The normalized spacial score (nSPS) is 10.6. The summed E-state index contributed by atoms with van der Waals surface area (Å²) in [6.45, 7) is 1.95. The zero-order valence-electron chi connectivity index (χ0n) is 11.7. The summed E-state index contributed by atoms with van der Waals surface area (Å²) in [4.78, 5) is 8.68. The minimum atomic E-state index is 0.0282. The third kappa shape index (κ3) is 2.31. The minimum absolute atomic E-state index is 0.0282. The molecule has 0 aliphatic rings. The molecule has 0 aliphatic carbocycles. The highest BCUT2D eigenvalue weighted by molar-refractivity contribution is 5.69. The smallest absolute Gasteiger partial charge is 0.200 e. The van der Waals surface area contributed by atoms with E-state index in [1.54, 1.807) is 24.4 Å². The number of nitrogens with zero attached hydrogens (tertiary/aromatic N) is 3. The van der Waals surface area contributed by atoms with Crippen molar-refractivity contribution in [2.45, 2.75) is 6.92 Å². The maximum Gasteiger partial charge on any atom is 0.200 e. The van der Waals surface area contributed by atoms with Crippen molar-refractivity contribution in [1.82, 2.24) is 20.2 Å². The van der Waals surface area contributed by atoms with Gasteiger partial charge in [-0.25, -0.2) is 4.98 Å². The van der Waals surface area contributed by atoms with Crippen LogP contribution in [0.4, 0.5) is 0 Å². The molecule has 21 heavy (non-hydrogen) atoms. The highest BCUT2D eigenvalue weighted by Crippen LogP contribution is 2.35. The van der Waals surface area contributed by atoms with Crippen LogP contribution < -0.4 is 4.74 Å². The molecule has 0 fully saturated rings. The van der Waals surface area contributed by atoms with Gasteiger partial charge in [-0.3, -0.25) is 10.1 Å². The average Bonchev–Trinajstić information content (AvgIpc) is 2.97. The number of para-hydroxylation sites is 1. The summed E-state index contributed by atoms with van der Waals surface area (Å²) >= 11 is 0.